The molecule has 2 fully saturated rings. The minimum Gasteiger partial charge on any atom is -0.397 e. The summed E-state index contributed by atoms with van der Waals surface area (Å²) in [5.74, 6) is -0.650. The Kier molecular flexibility index (Phi) is 10.1. The van der Waals surface area contributed by atoms with Crippen molar-refractivity contribution in [2.24, 2.45) is 0 Å². The third-order valence-electron chi connectivity index (χ3n) is 10.9. The molecule has 6 rings (SSSR count). The molecule has 282 valence electrons. The predicted octanol–water partition coefficient (Wildman–Crippen LogP) is 3.99. The molecule has 0 amide bonds. The van der Waals surface area contributed by atoms with E-state index in [9.17, 15) is 25.9 Å². The monoisotopic (exact) mass is 758 g/mol. The van der Waals surface area contributed by atoms with E-state index in [-0.39, 0.29) is 24.3 Å². The minimum atomic E-state index is -4.07. The van der Waals surface area contributed by atoms with E-state index >= 15 is 0 Å². The van der Waals surface area contributed by atoms with Gasteiger partial charge in [0.15, 0.2) is 0 Å². The van der Waals surface area contributed by atoms with Crippen LogP contribution >= 0.6 is 0 Å². The van der Waals surface area contributed by atoms with Crippen molar-refractivity contribution in [2.45, 2.75) is 117 Å². The van der Waals surface area contributed by atoms with Crippen LogP contribution in [0.15, 0.2) is 36.4 Å². The average molecular weight is 759 g/mol. The fourth-order valence-electron chi connectivity index (χ4n) is 6.49. The van der Waals surface area contributed by atoms with E-state index < -0.39 is 56.9 Å². The summed E-state index contributed by atoms with van der Waals surface area (Å²) in [6.07, 6.45) is 1.53. The van der Waals surface area contributed by atoms with Crippen LogP contribution in [0.1, 0.15) is 81.1 Å². The van der Waals surface area contributed by atoms with Gasteiger partial charge in [-0.3, -0.25) is 9.11 Å². The summed E-state index contributed by atoms with van der Waals surface area (Å²) in [5, 5.41) is 0. The molecule has 18 heteroatoms. The smallest absolute Gasteiger partial charge is 0.397 e. The molecule has 0 bridgehead atoms. The van der Waals surface area contributed by atoms with Crippen LogP contribution < -0.4 is 11.4 Å². The Morgan fingerprint density at radius 3 is 1.21 bits per heavy atom. The highest BCUT2D eigenvalue weighted by atomic mass is 32.2. The highest BCUT2D eigenvalue weighted by Gasteiger charge is 2.54. The second-order valence-corrected chi connectivity index (χ2v) is 19.0. The molecule has 0 radical (unpaired) electrons. The van der Waals surface area contributed by atoms with Gasteiger partial charge in [-0.2, -0.15) is 16.8 Å². The van der Waals surface area contributed by atoms with Gasteiger partial charge in [0, 0.05) is 13.1 Å². The van der Waals surface area contributed by atoms with E-state index in [1.165, 1.54) is 0 Å². The first-order valence-corrected chi connectivity index (χ1v) is 20.8. The van der Waals surface area contributed by atoms with E-state index in [2.05, 4.69) is 0 Å². The number of imidazole rings is 2. The van der Waals surface area contributed by atoms with Crippen LogP contribution in [0.2, 0.25) is 0 Å². The SMILES string of the molecule is CC1(C)OB(c2nc3cc(-c4ccc5c(c4)nc(B4OC(C)(C)C(C)(C)O4)n5CCCCS(=O)(=O)O)ccc3n2CCCCS(=O)(=O)O)OC1(C)C. The number of nitrogens with zero attached hydrogens (tertiary/aromatic N) is 4. The van der Waals surface area contributed by atoms with Gasteiger partial charge in [-0.25, -0.2) is 9.97 Å². The van der Waals surface area contributed by atoms with E-state index in [1.54, 1.807) is 0 Å². The number of aromatic nitrogens is 4. The normalized spacial score (nSPS) is 19.7. The molecule has 0 spiro atoms. The van der Waals surface area contributed by atoms with Gasteiger partial charge in [0.25, 0.3) is 20.2 Å². The van der Waals surface area contributed by atoms with Crippen LogP contribution in [-0.2, 0) is 51.9 Å². The van der Waals surface area contributed by atoms with Gasteiger partial charge in [-0.15, -0.1) is 0 Å². The molecule has 0 saturated carbocycles. The summed E-state index contributed by atoms with van der Waals surface area (Å²) in [6.45, 7) is 16.7. The maximum absolute atomic E-state index is 11.4. The van der Waals surface area contributed by atoms with Gasteiger partial charge >= 0.3 is 14.2 Å². The molecule has 14 nitrogen and oxygen atoms in total. The van der Waals surface area contributed by atoms with Crippen LogP contribution in [-0.4, -0.2) is 93.2 Å². The Labute approximate surface area is 306 Å². The second kappa shape index (κ2) is 13.5. The number of unbranched alkanes of at least 4 members (excludes halogenated alkanes) is 2. The molecule has 2 saturated heterocycles. The molecule has 0 aliphatic carbocycles. The number of rotatable bonds is 13. The summed E-state index contributed by atoms with van der Waals surface area (Å²) >= 11 is 0. The number of benzene rings is 2. The number of aryl methyl sites for hydroxylation is 2. The fraction of sp³-hybridized carbons (Fsp3) is 0.588. The molecular formula is C34H48B2N4O10S2. The van der Waals surface area contributed by atoms with E-state index in [0.717, 1.165) is 22.2 Å². The van der Waals surface area contributed by atoms with E-state index in [0.29, 0.717) is 48.4 Å². The first-order valence-electron chi connectivity index (χ1n) is 17.6. The molecule has 0 atom stereocenters. The maximum Gasteiger partial charge on any atom is 0.532 e. The molecule has 2 aromatic carbocycles. The molecule has 0 unspecified atom stereocenters. The fourth-order valence-corrected chi connectivity index (χ4v) is 7.63. The van der Waals surface area contributed by atoms with Crippen molar-refractivity contribution in [3.63, 3.8) is 0 Å². The zero-order valence-corrected chi connectivity index (χ0v) is 32.7. The van der Waals surface area contributed by atoms with Crippen molar-refractivity contribution >= 4 is 68.0 Å². The van der Waals surface area contributed by atoms with Gasteiger partial charge in [-0.1, -0.05) is 12.1 Å². The first-order chi connectivity index (χ1) is 24.0. The van der Waals surface area contributed by atoms with Gasteiger partial charge in [0.05, 0.1) is 56.0 Å². The third-order valence-corrected chi connectivity index (χ3v) is 12.5. The largest absolute Gasteiger partial charge is 0.532 e. The summed E-state index contributed by atoms with van der Waals surface area (Å²) in [6, 6.07) is 11.9. The lowest BCUT2D eigenvalue weighted by molar-refractivity contribution is 0.00578. The van der Waals surface area contributed by atoms with Crippen LogP contribution in [0.3, 0.4) is 0 Å². The topological polar surface area (TPSA) is 181 Å². The molecule has 2 aliphatic heterocycles. The maximum atomic E-state index is 11.4. The summed E-state index contributed by atoms with van der Waals surface area (Å²) in [4.78, 5) is 9.98. The van der Waals surface area contributed by atoms with Crippen molar-refractivity contribution < 1.29 is 44.6 Å². The van der Waals surface area contributed by atoms with E-state index in [4.69, 9.17) is 28.6 Å². The van der Waals surface area contributed by atoms with Crippen molar-refractivity contribution in [2.75, 3.05) is 11.5 Å². The summed E-state index contributed by atoms with van der Waals surface area (Å²) in [7, 11) is -9.62. The highest BCUT2D eigenvalue weighted by Crippen LogP contribution is 2.38. The van der Waals surface area contributed by atoms with E-state index in [1.807, 2.05) is 101 Å². The Morgan fingerprint density at radius 2 is 0.904 bits per heavy atom. The predicted molar refractivity (Wildman–Crippen MR) is 201 cm³/mol. The molecule has 2 N–H and O–H groups in total. The Bertz CT molecular complexity index is 2030. The second-order valence-electron chi connectivity index (χ2n) is 15.8. The van der Waals surface area contributed by atoms with Crippen molar-refractivity contribution in [1.29, 1.82) is 0 Å². The lowest BCUT2D eigenvalue weighted by atomic mass is 9.89. The van der Waals surface area contributed by atoms with Crippen LogP contribution in [0.4, 0.5) is 0 Å². The average Bonchev–Trinajstić information content (AvgIpc) is 3.68. The lowest BCUT2D eigenvalue weighted by Crippen LogP contribution is -2.41. The zero-order valence-electron chi connectivity index (χ0n) is 31.0. The summed E-state index contributed by atoms with van der Waals surface area (Å²) < 4.78 is 93.4. The Balaban J connectivity index is 1.36. The molecule has 2 aliphatic rings. The lowest BCUT2D eigenvalue weighted by Gasteiger charge is -2.32. The first kappa shape index (κ1) is 38.9. The summed E-state index contributed by atoms with van der Waals surface area (Å²) in [5.41, 5.74) is 3.65. The standard InChI is InChI=1S/C34H48B2N4O10S2/c1-31(2)32(3,4)48-35(47-31)29-37-25-21-23(13-15-27(25)39(29)17-9-11-19-51(41,42)43)24-14-16-28-26(22-24)38-30(36-49-33(5,6)34(7,8)50-36)40(28)18-10-12-20-52(44,45)46/h13-16,21-22H,9-12,17-20H2,1-8H3,(H,41,42,43)(H,44,45,46). The van der Waals surface area contributed by atoms with Gasteiger partial charge in [0.2, 0.25) is 0 Å². The highest BCUT2D eigenvalue weighted by molar-refractivity contribution is 7.86. The third kappa shape index (κ3) is 7.85. The molecule has 52 heavy (non-hydrogen) atoms. The Hall–Kier alpha value is -2.83. The van der Waals surface area contributed by atoms with Crippen molar-refractivity contribution in [1.82, 2.24) is 19.1 Å². The van der Waals surface area contributed by atoms with Crippen molar-refractivity contribution in [3.8, 4) is 11.1 Å². The van der Waals surface area contributed by atoms with Gasteiger partial charge in [0.1, 0.15) is 11.4 Å². The molecule has 4 aromatic rings. The zero-order chi connectivity index (χ0) is 38.1. The van der Waals surface area contributed by atoms with Crippen molar-refractivity contribution in [3.05, 3.63) is 36.4 Å². The number of fused-ring (bicyclic) bond motifs is 2. The Morgan fingerprint density at radius 1 is 0.577 bits per heavy atom. The molecule has 4 heterocycles. The number of hydrogen-bond acceptors (Lipinski definition) is 10. The van der Waals surface area contributed by atoms with Crippen LogP contribution in [0.5, 0.6) is 0 Å². The van der Waals surface area contributed by atoms with Crippen LogP contribution in [0.25, 0.3) is 33.2 Å². The van der Waals surface area contributed by atoms with Crippen LogP contribution in [0, 0.1) is 0 Å². The quantitative estimate of drug-likeness (QED) is 0.114. The van der Waals surface area contributed by atoms with Gasteiger partial charge < -0.3 is 27.8 Å². The van der Waals surface area contributed by atoms with Gasteiger partial charge in [-0.05, 0) is 116 Å². The number of hydrogen-bond donors (Lipinski definition) is 2. The molecular weight excluding hydrogens is 710 g/mol. The molecule has 2 aromatic heterocycles. The minimum absolute atomic E-state index is 0.278.